The fourth-order valence-corrected chi connectivity index (χ4v) is 9.85. The van der Waals surface area contributed by atoms with Crippen LogP contribution in [0.25, 0.3) is 11.1 Å². The summed E-state index contributed by atoms with van der Waals surface area (Å²) in [4.78, 5) is 38.5. The molecule has 11 heteroatoms. The first-order valence-electron chi connectivity index (χ1n) is 20.1. The average molecular weight is 770 g/mol. The summed E-state index contributed by atoms with van der Waals surface area (Å²) in [5, 5.41) is 29.6. The van der Waals surface area contributed by atoms with Gasteiger partial charge in [0.2, 0.25) is 5.91 Å². The zero-order valence-corrected chi connectivity index (χ0v) is 34.7. The van der Waals surface area contributed by atoms with Gasteiger partial charge in [0, 0.05) is 55.5 Å². The molecule has 2 amide bonds. The number of hydroxylamine groups is 2. The lowest BCUT2D eigenvalue weighted by Crippen LogP contribution is -2.62. The number of para-hydroxylation sites is 1. The Morgan fingerprint density at radius 3 is 2.38 bits per heavy atom. The van der Waals surface area contributed by atoms with Crippen molar-refractivity contribution in [2.24, 2.45) is 29.1 Å². The van der Waals surface area contributed by atoms with Gasteiger partial charge in [-0.15, -0.1) is 0 Å². The highest BCUT2D eigenvalue weighted by molar-refractivity contribution is 6.01. The predicted octanol–water partition coefficient (Wildman–Crippen LogP) is 4.99. The van der Waals surface area contributed by atoms with E-state index in [9.17, 15) is 19.8 Å². The van der Waals surface area contributed by atoms with Crippen molar-refractivity contribution in [3.63, 3.8) is 0 Å². The zero-order valence-electron chi connectivity index (χ0n) is 34.7. The number of fused-ring (bicyclic) bond motifs is 2. The van der Waals surface area contributed by atoms with E-state index < -0.39 is 24.2 Å². The summed E-state index contributed by atoms with van der Waals surface area (Å²) >= 11 is 0. The normalized spacial score (nSPS) is 26.6. The zero-order chi connectivity index (χ0) is 40.5. The number of carbonyl (C=O) groups excluding carboxylic acids is 2. The Kier molecular flexibility index (Phi) is 12.8. The molecule has 0 spiro atoms. The van der Waals surface area contributed by atoms with Crippen molar-refractivity contribution in [2.45, 2.75) is 83.8 Å². The lowest BCUT2D eigenvalue weighted by molar-refractivity contribution is -0.183. The second-order valence-corrected chi connectivity index (χ2v) is 17.5. The maximum atomic E-state index is 14.3. The molecular weight excluding hydrogens is 707 g/mol. The molecule has 9 atom stereocenters. The molecule has 2 bridgehead atoms. The topological polar surface area (TPSA) is 127 Å². The molecule has 7 rings (SSSR count). The fraction of sp³-hybridized carbons (Fsp3) is 0.556. The molecule has 3 aliphatic carbocycles. The number of benzene rings is 3. The molecule has 56 heavy (non-hydrogen) atoms. The van der Waals surface area contributed by atoms with Crippen LogP contribution in [-0.4, -0.2) is 111 Å². The molecular formula is C45H63N5O6. The lowest BCUT2D eigenvalue weighted by Gasteiger charge is -2.62. The lowest BCUT2D eigenvalue weighted by atomic mass is 9.45. The molecule has 3 aromatic carbocycles. The third-order valence-corrected chi connectivity index (χ3v) is 13.0. The number of aliphatic hydroxyl groups excluding tert-OH is 2. The molecule has 4 fully saturated rings. The number of nitrogens with one attached hydrogen (secondary N) is 2. The van der Waals surface area contributed by atoms with E-state index in [1.54, 1.807) is 19.1 Å². The molecule has 3 aromatic rings. The largest absolute Gasteiger partial charge is 0.496 e. The summed E-state index contributed by atoms with van der Waals surface area (Å²) in [6, 6.07) is 21.0. The van der Waals surface area contributed by atoms with E-state index in [4.69, 9.17) is 9.57 Å². The van der Waals surface area contributed by atoms with Crippen LogP contribution in [0.4, 0.5) is 5.69 Å². The third kappa shape index (κ3) is 8.48. The number of amides is 2. The maximum absolute atomic E-state index is 14.3. The molecule has 304 valence electrons. The minimum atomic E-state index is -0.895. The van der Waals surface area contributed by atoms with Gasteiger partial charge in [0.15, 0.2) is 0 Å². The van der Waals surface area contributed by atoms with Crippen LogP contribution >= 0.6 is 0 Å². The highest BCUT2D eigenvalue weighted by atomic mass is 16.7. The number of hydrogen-bond acceptors (Lipinski definition) is 9. The monoisotopic (exact) mass is 769 g/mol. The van der Waals surface area contributed by atoms with E-state index in [0.717, 1.165) is 34.4 Å². The van der Waals surface area contributed by atoms with Crippen LogP contribution in [-0.2, 0) is 22.6 Å². The first kappa shape index (κ1) is 41.6. The van der Waals surface area contributed by atoms with E-state index in [1.807, 2.05) is 87.7 Å². The SMILES string of the molecule is COc1c(CN2O[C@@H](CO)[C@H]([C@H](C)O)[C@H]2C(=O)N[C@H]2C[C@H]3C[C@@H]([C@@H]2C)C3(C)C)cccc1-c1ccc(C(=O)NC(Cc2ccccc2)CN(C)C)c(N(C)C)c1. The fourth-order valence-electron chi connectivity index (χ4n) is 9.85. The highest BCUT2D eigenvalue weighted by Crippen LogP contribution is 2.61. The summed E-state index contributed by atoms with van der Waals surface area (Å²) in [5.41, 5.74) is 5.23. The molecule has 1 heterocycles. The Hall–Kier alpha value is -4.00. The van der Waals surface area contributed by atoms with Crippen molar-refractivity contribution in [3.05, 3.63) is 83.4 Å². The van der Waals surface area contributed by atoms with Gasteiger partial charge in [-0.3, -0.25) is 14.4 Å². The van der Waals surface area contributed by atoms with Crippen LogP contribution in [0.2, 0.25) is 0 Å². The van der Waals surface area contributed by atoms with Gasteiger partial charge >= 0.3 is 0 Å². The Morgan fingerprint density at radius 1 is 1.04 bits per heavy atom. The maximum Gasteiger partial charge on any atom is 0.253 e. The predicted molar refractivity (Wildman–Crippen MR) is 220 cm³/mol. The minimum Gasteiger partial charge on any atom is -0.496 e. The van der Waals surface area contributed by atoms with Gasteiger partial charge < -0.3 is 35.4 Å². The van der Waals surface area contributed by atoms with Crippen LogP contribution in [0, 0.1) is 29.1 Å². The number of ether oxygens (including phenoxy) is 1. The Balaban J connectivity index is 1.25. The second-order valence-electron chi connectivity index (χ2n) is 17.5. The van der Waals surface area contributed by atoms with Gasteiger partial charge in [0.25, 0.3) is 5.91 Å². The highest BCUT2D eigenvalue weighted by Gasteiger charge is 2.57. The molecule has 4 N–H and O–H groups in total. The number of carbonyl (C=O) groups is 2. The molecule has 1 unspecified atom stereocenters. The Labute approximate surface area is 333 Å². The van der Waals surface area contributed by atoms with Crippen LogP contribution in [0.5, 0.6) is 5.75 Å². The van der Waals surface area contributed by atoms with Crippen LogP contribution in [0.15, 0.2) is 66.7 Å². The first-order valence-corrected chi connectivity index (χ1v) is 20.1. The van der Waals surface area contributed by atoms with Gasteiger partial charge in [0.05, 0.1) is 31.9 Å². The van der Waals surface area contributed by atoms with E-state index in [1.165, 1.54) is 6.42 Å². The van der Waals surface area contributed by atoms with Gasteiger partial charge in [-0.2, -0.15) is 5.06 Å². The number of rotatable bonds is 15. The molecule has 0 radical (unpaired) electrons. The van der Waals surface area contributed by atoms with Crippen molar-refractivity contribution >= 4 is 17.5 Å². The molecule has 1 aliphatic heterocycles. The number of likely N-dealkylation sites (N-methyl/N-ethyl adjacent to an activating group) is 1. The van der Waals surface area contributed by atoms with Crippen molar-refractivity contribution < 1.29 is 29.4 Å². The number of anilines is 1. The van der Waals surface area contributed by atoms with Crippen molar-refractivity contribution in [1.29, 1.82) is 0 Å². The number of nitrogens with zero attached hydrogens (tertiary/aromatic N) is 3. The van der Waals surface area contributed by atoms with Crippen LogP contribution in [0.1, 0.15) is 62.0 Å². The molecule has 3 saturated carbocycles. The van der Waals surface area contributed by atoms with E-state index in [-0.39, 0.29) is 42.5 Å². The smallest absolute Gasteiger partial charge is 0.253 e. The van der Waals surface area contributed by atoms with E-state index in [0.29, 0.717) is 42.0 Å². The van der Waals surface area contributed by atoms with E-state index in [2.05, 4.69) is 48.4 Å². The Bertz CT molecular complexity index is 1830. The van der Waals surface area contributed by atoms with Gasteiger partial charge in [0.1, 0.15) is 17.9 Å². The molecule has 0 aromatic heterocycles. The second kappa shape index (κ2) is 17.2. The van der Waals surface area contributed by atoms with Gasteiger partial charge in [-0.1, -0.05) is 75.4 Å². The average Bonchev–Trinajstić information content (AvgIpc) is 3.53. The molecule has 4 aliphatic rings. The van der Waals surface area contributed by atoms with E-state index >= 15 is 0 Å². The number of hydrogen-bond donors (Lipinski definition) is 4. The number of methoxy groups -OCH3 is 1. The summed E-state index contributed by atoms with van der Waals surface area (Å²) in [7, 11) is 9.49. The van der Waals surface area contributed by atoms with Gasteiger partial charge in [-0.05, 0) is 86.7 Å². The summed E-state index contributed by atoms with van der Waals surface area (Å²) in [6.45, 7) is 9.12. The van der Waals surface area contributed by atoms with Crippen molar-refractivity contribution in [3.8, 4) is 16.9 Å². The molecule has 11 nitrogen and oxygen atoms in total. The minimum absolute atomic E-state index is 0.0421. The van der Waals surface area contributed by atoms with Gasteiger partial charge in [-0.25, -0.2) is 0 Å². The number of aliphatic hydroxyl groups is 2. The Morgan fingerprint density at radius 2 is 1.77 bits per heavy atom. The van der Waals surface area contributed by atoms with Crippen LogP contribution < -0.4 is 20.3 Å². The van der Waals surface area contributed by atoms with Crippen LogP contribution in [0.3, 0.4) is 0 Å². The molecule has 1 saturated heterocycles. The first-order chi connectivity index (χ1) is 26.6. The van der Waals surface area contributed by atoms with Crippen molar-refractivity contribution in [2.75, 3.05) is 53.4 Å². The quantitative estimate of drug-likeness (QED) is 0.169. The summed E-state index contributed by atoms with van der Waals surface area (Å²) in [6.07, 6.45) is 1.21. The standard InChI is InChI=1S/C45H63N5O6/c1-27-36-22-32(45(36,3)4)23-37(27)47-44(54)41-40(28(2)52)39(26-51)56-50(41)24-31-16-13-17-34(42(31)55-9)30-18-19-35(38(21-30)49(7)8)43(53)46-33(25-48(5)6)20-29-14-11-10-12-15-29/h10-19,21,27-28,32-33,36-37,39-41,51-52H,20,22-26H2,1-9H3,(H,46,53)(H,47,54)/t27-,28-,32+,33?,36-,37-,39-,40-,41-/m0/s1. The summed E-state index contributed by atoms with van der Waals surface area (Å²) in [5.74, 6) is 1.10. The summed E-state index contributed by atoms with van der Waals surface area (Å²) < 4.78 is 6.08. The van der Waals surface area contributed by atoms with Crippen molar-refractivity contribution in [1.82, 2.24) is 20.6 Å². The third-order valence-electron chi connectivity index (χ3n) is 13.0.